The topological polar surface area (TPSA) is 52.9 Å². The molecule has 0 aliphatic heterocycles. The van der Waals surface area contributed by atoms with Gasteiger partial charge in [-0.3, -0.25) is 4.79 Å². The van der Waals surface area contributed by atoms with E-state index in [0.29, 0.717) is 12.5 Å². The van der Waals surface area contributed by atoms with Gasteiger partial charge in [0.15, 0.2) is 5.82 Å². The second-order valence-corrected chi connectivity index (χ2v) is 4.18. The molecule has 1 N–H and O–H groups in total. The van der Waals surface area contributed by atoms with Crippen molar-refractivity contribution in [2.24, 2.45) is 5.92 Å². The van der Waals surface area contributed by atoms with E-state index in [0.717, 1.165) is 6.07 Å². The molecule has 1 rings (SSSR count). The fraction of sp³-hybridized carbons (Fsp3) is 0.273. The van der Waals surface area contributed by atoms with Crippen molar-refractivity contribution in [3.05, 3.63) is 28.2 Å². The maximum Gasteiger partial charge on any atom is 0.241 e. The summed E-state index contributed by atoms with van der Waals surface area (Å²) in [7, 11) is 0. The van der Waals surface area contributed by atoms with Crippen molar-refractivity contribution in [1.29, 1.82) is 5.26 Å². The molecule has 0 aliphatic carbocycles. The third-order valence-electron chi connectivity index (χ3n) is 2.14. The van der Waals surface area contributed by atoms with Crippen molar-refractivity contribution in [2.75, 3.05) is 5.32 Å². The molecule has 0 saturated heterocycles. The van der Waals surface area contributed by atoms with Crippen LogP contribution in [0.3, 0.4) is 0 Å². The Morgan fingerprint density at radius 1 is 1.59 bits per heavy atom. The first-order chi connectivity index (χ1) is 7.99. The maximum absolute atomic E-state index is 13.4. The molecular weight excluding hydrogens is 294 g/mol. The van der Waals surface area contributed by atoms with E-state index in [1.165, 1.54) is 0 Å². The lowest BCUT2D eigenvalue weighted by Crippen LogP contribution is -2.21. The number of hydrogen-bond acceptors (Lipinski definition) is 2. The molecule has 0 radical (unpaired) electrons. The molecule has 17 heavy (non-hydrogen) atoms. The summed E-state index contributed by atoms with van der Waals surface area (Å²) < 4.78 is 26.3. The highest BCUT2D eigenvalue weighted by molar-refractivity contribution is 9.10. The van der Waals surface area contributed by atoms with Gasteiger partial charge in [0.25, 0.3) is 0 Å². The van der Waals surface area contributed by atoms with Crippen LogP contribution in [-0.4, -0.2) is 5.91 Å². The Bertz CT molecular complexity index is 462. The number of halogens is 3. The Morgan fingerprint density at radius 2 is 2.24 bits per heavy atom. The summed E-state index contributed by atoms with van der Waals surface area (Å²) >= 11 is 2.94. The first-order valence-electron chi connectivity index (χ1n) is 4.84. The summed E-state index contributed by atoms with van der Waals surface area (Å²) in [5.74, 6) is -3.11. The van der Waals surface area contributed by atoms with E-state index in [1.807, 2.05) is 0 Å². The Labute approximate surface area is 106 Å². The van der Waals surface area contributed by atoms with Crippen molar-refractivity contribution < 1.29 is 13.6 Å². The van der Waals surface area contributed by atoms with Gasteiger partial charge in [0, 0.05) is 10.5 Å². The number of nitriles is 1. The molecule has 1 aromatic carbocycles. The van der Waals surface area contributed by atoms with Gasteiger partial charge < -0.3 is 5.32 Å². The van der Waals surface area contributed by atoms with Gasteiger partial charge in [-0.25, -0.2) is 8.78 Å². The standard InChI is InChI=1S/C11H9BrF2N2O/c1-2-6(5-15)11(17)16-10-8(12)3-7(13)4-9(10)14/h3-4,6H,2H2,1H3,(H,16,17). The smallest absolute Gasteiger partial charge is 0.241 e. The van der Waals surface area contributed by atoms with Crippen LogP contribution in [0.4, 0.5) is 14.5 Å². The molecule has 0 saturated carbocycles. The third-order valence-corrected chi connectivity index (χ3v) is 2.76. The number of nitrogens with one attached hydrogen (secondary N) is 1. The van der Waals surface area contributed by atoms with Crippen molar-refractivity contribution in [1.82, 2.24) is 0 Å². The summed E-state index contributed by atoms with van der Waals surface area (Å²) in [6.07, 6.45) is 0.322. The normalized spacial score (nSPS) is 11.7. The molecule has 1 unspecified atom stereocenters. The van der Waals surface area contributed by atoms with Crippen LogP contribution < -0.4 is 5.32 Å². The van der Waals surface area contributed by atoms with Crippen LogP contribution in [0.25, 0.3) is 0 Å². The van der Waals surface area contributed by atoms with E-state index in [9.17, 15) is 13.6 Å². The van der Waals surface area contributed by atoms with E-state index in [2.05, 4.69) is 21.2 Å². The number of amides is 1. The number of rotatable bonds is 3. The van der Waals surface area contributed by atoms with Gasteiger partial charge in [0.2, 0.25) is 5.91 Å². The second-order valence-electron chi connectivity index (χ2n) is 3.32. The first-order valence-corrected chi connectivity index (χ1v) is 5.64. The SMILES string of the molecule is CCC(C#N)C(=O)Nc1c(F)cc(F)cc1Br. The Morgan fingerprint density at radius 3 is 2.71 bits per heavy atom. The Balaban J connectivity index is 2.97. The van der Waals surface area contributed by atoms with E-state index >= 15 is 0 Å². The number of nitrogens with zero attached hydrogens (tertiary/aromatic N) is 1. The van der Waals surface area contributed by atoms with Gasteiger partial charge in [-0.1, -0.05) is 6.92 Å². The minimum Gasteiger partial charge on any atom is -0.322 e. The van der Waals surface area contributed by atoms with Crippen LogP contribution in [0.2, 0.25) is 0 Å². The van der Waals surface area contributed by atoms with Crippen molar-refractivity contribution >= 4 is 27.5 Å². The van der Waals surface area contributed by atoms with Crippen molar-refractivity contribution in [3.63, 3.8) is 0 Å². The number of carbonyl (C=O) groups excluding carboxylic acids is 1. The molecule has 0 aromatic heterocycles. The highest BCUT2D eigenvalue weighted by Gasteiger charge is 2.19. The Kier molecular flexibility index (Phi) is 4.58. The molecule has 0 fully saturated rings. The lowest BCUT2D eigenvalue weighted by Gasteiger charge is -2.10. The quantitative estimate of drug-likeness (QED) is 0.932. The summed E-state index contributed by atoms with van der Waals surface area (Å²) in [5.41, 5.74) is -0.162. The summed E-state index contributed by atoms with van der Waals surface area (Å²) in [5, 5.41) is 10.9. The lowest BCUT2D eigenvalue weighted by molar-refractivity contribution is -0.118. The van der Waals surface area contributed by atoms with Gasteiger partial charge in [0.1, 0.15) is 11.7 Å². The lowest BCUT2D eigenvalue weighted by atomic mass is 10.1. The zero-order chi connectivity index (χ0) is 13.0. The van der Waals surface area contributed by atoms with E-state index in [1.54, 1.807) is 13.0 Å². The zero-order valence-corrected chi connectivity index (χ0v) is 10.5. The largest absolute Gasteiger partial charge is 0.322 e. The molecule has 1 atom stereocenters. The highest BCUT2D eigenvalue weighted by atomic mass is 79.9. The third kappa shape index (κ3) is 3.24. The predicted octanol–water partition coefficient (Wildman–Crippen LogP) is 3.22. The molecule has 0 bridgehead atoms. The molecule has 3 nitrogen and oxygen atoms in total. The minimum atomic E-state index is -0.891. The first kappa shape index (κ1) is 13.6. The number of benzene rings is 1. The maximum atomic E-state index is 13.4. The molecule has 90 valence electrons. The van der Waals surface area contributed by atoms with E-state index in [-0.39, 0.29) is 10.2 Å². The molecule has 1 aromatic rings. The fourth-order valence-corrected chi connectivity index (χ4v) is 1.71. The second kappa shape index (κ2) is 5.73. The van der Waals surface area contributed by atoms with Crippen LogP contribution in [-0.2, 0) is 4.79 Å². The van der Waals surface area contributed by atoms with Crippen molar-refractivity contribution in [2.45, 2.75) is 13.3 Å². The van der Waals surface area contributed by atoms with Gasteiger partial charge in [-0.15, -0.1) is 0 Å². The van der Waals surface area contributed by atoms with Gasteiger partial charge in [-0.05, 0) is 28.4 Å². The van der Waals surface area contributed by atoms with E-state index in [4.69, 9.17) is 5.26 Å². The Hall–Kier alpha value is -1.48. The van der Waals surface area contributed by atoms with Gasteiger partial charge in [-0.2, -0.15) is 5.26 Å². The van der Waals surface area contributed by atoms with Gasteiger partial charge in [0.05, 0.1) is 11.8 Å². The highest BCUT2D eigenvalue weighted by Crippen LogP contribution is 2.27. The molecule has 0 spiro atoms. The number of carbonyl (C=O) groups is 1. The predicted molar refractivity (Wildman–Crippen MR) is 62.1 cm³/mol. The van der Waals surface area contributed by atoms with Crippen LogP contribution in [0.1, 0.15) is 13.3 Å². The summed E-state index contributed by atoms with van der Waals surface area (Å²) in [6, 6.07) is 3.49. The molecule has 0 heterocycles. The molecular formula is C11H9BrF2N2O. The zero-order valence-electron chi connectivity index (χ0n) is 8.93. The number of hydrogen-bond donors (Lipinski definition) is 1. The summed E-state index contributed by atoms with van der Waals surface area (Å²) in [6.45, 7) is 1.67. The average Bonchev–Trinajstić information content (AvgIpc) is 2.25. The van der Waals surface area contributed by atoms with E-state index < -0.39 is 23.5 Å². The van der Waals surface area contributed by atoms with Crippen LogP contribution in [0.5, 0.6) is 0 Å². The monoisotopic (exact) mass is 302 g/mol. The van der Waals surface area contributed by atoms with Crippen molar-refractivity contribution in [3.8, 4) is 6.07 Å². The van der Waals surface area contributed by atoms with Crippen LogP contribution in [0, 0.1) is 28.9 Å². The van der Waals surface area contributed by atoms with Crippen LogP contribution in [0.15, 0.2) is 16.6 Å². The minimum absolute atomic E-state index is 0.0937. The number of anilines is 1. The average molecular weight is 303 g/mol. The molecule has 0 aliphatic rings. The molecule has 6 heteroatoms. The molecule has 1 amide bonds. The van der Waals surface area contributed by atoms with Crippen LogP contribution >= 0.6 is 15.9 Å². The summed E-state index contributed by atoms with van der Waals surface area (Å²) in [4.78, 5) is 11.5. The fourth-order valence-electron chi connectivity index (χ4n) is 1.21. The van der Waals surface area contributed by atoms with Gasteiger partial charge >= 0.3 is 0 Å².